The first-order valence-corrected chi connectivity index (χ1v) is 8.26. The quantitative estimate of drug-likeness (QED) is 0.837. The maximum Gasteiger partial charge on any atom is 0.327 e. The molecule has 0 aromatic heterocycles. The van der Waals surface area contributed by atoms with Crippen LogP contribution in [0.3, 0.4) is 0 Å². The topological polar surface area (TPSA) is 40.6 Å². The molecule has 3 rings (SSSR count). The van der Waals surface area contributed by atoms with Crippen LogP contribution in [0.25, 0.3) is 0 Å². The monoisotopic (exact) mass is 300 g/mol. The minimum Gasteiger partial charge on any atom is -0.322 e. The van der Waals surface area contributed by atoms with Crippen LogP contribution in [-0.2, 0) is 4.79 Å². The van der Waals surface area contributed by atoms with E-state index < -0.39 is 0 Å². The average Bonchev–Trinajstić information content (AvgIpc) is 2.80. The number of rotatable bonds is 2. The summed E-state index contributed by atoms with van der Waals surface area (Å²) < 4.78 is 0. The first kappa shape index (κ1) is 15.1. The van der Waals surface area contributed by atoms with Crippen molar-refractivity contribution in [2.24, 2.45) is 5.92 Å². The van der Waals surface area contributed by atoms with E-state index >= 15 is 0 Å². The molecule has 1 heterocycles. The molecule has 1 aromatic rings. The number of nitrogens with zero attached hydrogens (tertiary/aromatic N) is 2. The highest BCUT2D eigenvalue weighted by atomic mass is 16.2. The smallest absolute Gasteiger partial charge is 0.322 e. The molecule has 1 saturated heterocycles. The number of carbonyl (C=O) groups excluding carboxylic acids is 2. The van der Waals surface area contributed by atoms with Crippen molar-refractivity contribution < 1.29 is 9.59 Å². The maximum absolute atomic E-state index is 13.0. The van der Waals surface area contributed by atoms with Gasteiger partial charge in [-0.2, -0.15) is 0 Å². The lowest BCUT2D eigenvalue weighted by atomic mass is 9.87. The molecule has 0 radical (unpaired) electrons. The van der Waals surface area contributed by atoms with Gasteiger partial charge < -0.3 is 4.90 Å². The number of hydrogen-bond donors (Lipinski definition) is 0. The molecule has 4 heteroatoms. The lowest BCUT2D eigenvalue weighted by molar-refractivity contribution is -0.134. The molecule has 2 aliphatic rings. The summed E-state index contributed by atoms with van der Waals surface area (Å²) in [7, 11) is 1.79. The van der Waals surface area contributed by atoms with E-state index in [1.54, 1.807) is 11.9 Å². The zero-order valence-electron chi connectivity index (χ0n) is 13.4. The molecule has 0 bridgehead atoms. The molecule has 2 atom stereocenters. The molecule has 0 unspecified atom stereocenters. The van der Waals surface area contributed by atoms with Crippen molar-refractivity contribution >= 4 is 11.9 Å². The molecule has 22 heavy (non-hydrogen) atoms. The van der Waals surface area contributed by atoms with E-state index in [0.29, 0.717) is 0 Å². The number of likely N-dealkylation sites (N-methyl/N-ethyl adjacent to an activating group) is 1. The van der Waals surface area contributed by atoms with Crippen LogP contribution in [0.1, 0.15) is 50.6 Å². The molecule has 1 aliphatic carbocycles. The van der Waals surface area contributed by atoms with Crippen molar-refractivity contribution in [1.82, 2.24) is 9.80 Å². The highest BCUT2D eigenvalue weighted by Gasteiger charge is 2.47. The summed E-state index contributed by atoms with van der Waals surface area (Å²) in [6.07, 6.45) is 5.24. The number of carbonyl (C=O) groups is 2. The van der Waals surface area contributed by atoms with Crippen molar-refractivity contribution in [3.8, 4) is 0 Å². The Bertz CT molecular complexity index is 551. The van der Waals surface area contributed by atoms with Gasteiger partial charge in [0.15, 0.2) is 0 Å². The Labute approximate surface area is 132 Å². The second-order valence-electron chi connectivity index (χ2n) is 6.53. The van der Waals surface area contributed by atoms with Crippen LogP contribution in [-0.4, -0.2) is 34.8 Å². The Morgan fingerprint density at radius 2 is 1.73 bits per heavy atom. The Morgan fingerprint density at radius 1 is 1.09 bits per heavy atom. The summed E-state index contributed by atoms with van der Waals surface area (Å²) in [5.41, 5.74) is 1.04. The first-order valence-electron chi connectivity index (χ1n) is 8.26. The van der Waals surface area contributed by atoms with Gasteiger partial charge in [-0.1, -0.05) is 49.6 Å². The summed E-state index contributed by atoms with van der Waals surface area (Å²) in [5, 5.41) is 0. The fourth-order valence-corrected chi connectivity index (χ4v) is 3.75. The normalized spacial score (nSPS) is 26.5. The fraction of sp³-hybridized carbons (Fsp3) is 0.556. The lowest BCUT2D eigenvalue weighted by Gasteiger charge is -2.29. The number of imide groups is 1. The Hall–Kier alpha value is -1.84. The van der Waals surface area contributed by atoms with Crippen LogP contribution in [0.2, 0.25) is 0 Å². The fourth-order valence-electron chi connectivity index (χ4n) is 3.75. The van der Waals surface area contributed by atoms with E-state index in [1.807, 2.05) is 37.3 Å². The minimum absolute atomic E-state index is 0.00226. The second kappa shape index (κ2) is 6.11. The van der Waals surface area contributed by atoms with Gasteiger partial charge in [0, 0.05) is 13.0 Å². The highest BCUT2D eigenvalue weighted by Crippen LogP contribution is 2.37. The number of urea groups is 1. The van der Waals surface area contributed by atoms with E-state index in [9.17, 15) is 9.59 Å². The van der Waals surface area contributed by atoms with Gasteiger partial charge in [0.2, 0.25) is 5.91 Å². The molecule has 0 spiro atoms. The summed E-state index contributed by atoms with van der Waals surface area (Å²) in [6, 6.07) is 9.58. The van der Waals surface area contributed by atoms with Crippen LogP contribution in [0, 0.1) is 5.92 Å². The van der Waals surface area contributed by atoms with Crippen molar-refractivity contribution in [1.29, 1.82) is 0 Å². The van der Waals surface area contributed by atoms with Crippen molar-refractivity contribution in [2.45, 2.75) is 51.1 Å². The van der Waals surface area contributed by atoms with Gasteiger partial charge in [0.05, 0.1) is 12.1 Å². The zero-order valence-corrected chi connectivity index (χ0v) is 13.4. The average molecular weight is 300 g/mol. The minimum atomic E-state index is -0.173. The summed E-state index contributed by atoms with van der Waals surface area (Å²) in [4.78, 5) is 28.8. The maximum atomic E-state index is 13.0. The molecular formula is C18H24N2O2. The molecule has 1 saturated carbocycles. The van der Waals surface area contributed by atoms with Crippen molar-refractivity contribution in [3.05, 3.63) is 35.9 Å². The van der Waals surface area contributed by atoms with Crippen LogP contribution in [0.4, 0.5) is 4.79 Å². The van der Waals surface area contributed by atoms with Gasteiger partial charge >= 0.3 is 6.03 Å². The second-order valence-corrected chi connectivity index (χ2v) is 6.53. The molecule has 3 amide bonds. The standard InChI is InChI=1S/C18H24N2O2/c1-13-16(14-9-5-3-6-10-14)20(18(22)19(13)2)17(21)15-11-7-4-8-12-15/h3,5-6,9-10,13,15-16H,4,7-8,11-12H2,1-2H3/t13-,16-/m0/s1. The number of hydrogen-bond acceptors (Lipinski definition) is 2. The predicted molar refractivity (Wildman–Crippen MR) is 85.2 cm³/mol. The van der Waals surface area contributed by atoms with E-state index in [1.165, 1.54) is 11.3 Å². The molecule has 1 aliphatic heterocycles. The zero-order chi connectivity index (χ0) is 15.7. The van der Waals surface area contributed by atoms with Crippen molar-refractivity contribution in [3.63, 3.8) is 0 Å². The molecule has 1 aromatic carbocycles. The lowest BCUT2D eigenvalue weighted by Crippen LogP contribution is -2.40. The molecular weight excluding hydrogens is 276 g/mol. The molecule has 4 nitrogen and oxygen atoms in total. The Kier molecular flexibility index (Phi) is 4.19. The molecule has 2 fully saturated rings. The molecule has 0 N–H and O–H groups in total. The van der Waals surface area contributed by atoms with Gasteiger partial charge in [-0.15, -0.1) is 0 Å². The molecule has 118 valence electrons. The van der Waals surface area contributed by atoms with Crippen LogP contribution in [0.5, 0.6) is 0 Å². The number of amides is 3. The van der Waals surface area contributed by atoms with Gasteiger partial charge in [0.1, 0.15) is 0 Å². The van der Waals surface area contributed by atoms with E-state index in [2.05, 4.69) is 0 Å². The van der Waals surface area contributed by atoms with Gasteiger partial charge in [-0.05, 0) is 25.3 Å². The van der Waals surface area contributed by atoms with Gasteiger partial charge in [0.25, 0.3) is 0 Å². The third-order valence-electron chi connectivity index (χ3n) is 5.19. The Morgan fingerprint density at radius 3 is 2.36 bits per heavy atom. The number of benzene rings is 1. The van der Waals surface area contributed by atoms with Gasteiger partial charge in [-0.3, -0.25) is 9.69 Å². The van der Waals surface area contributed by atoms with Crippen LogP contribution in [0.15, 0.2) is 30.3 Å². The SMILES string of the molecule is C[C@H]1[C@@H](c2ccccc2)N(C(=O)C2CCCCC2)C(=O)N1C. The van der Waals surface area contributed by atoms with Gasteiger partial charge in [-0.25, -0.2) is 4.79 Å². The Balaban J connectivity index is 1.91. The summed E-state index contributed by atoms with van der Waals surface area (Å²) in [6.45, 7) is 2.02. The first-order chi connectivity index (χ1) is 10.6. The predicted octanol–water partition coefficient (Wildman–Crippen LogP) is 3.59. The largest absolute Gasteiger partial charge is 0.327 e. The van der Waals surface area contributed by atoms with Crippen LogP contribution < -0.4 is 0 Å². The summed E-state index contributed by atoms with van der Waals surface area (Å²) in [5.74, 6) is 0.0392. The van der Waals surface area contributed by atoms with Crippen LogP contribution >= 0.6 is 0 Å². The van der Waals surface area contributed by atoms with E-state index in [-0.39, 0.29) is 29.9 Å². The van der Waals surface area contributed by atoms with E-state index in [0.717, 1.165) is 31.2 Å². The van der Waals surface area contributed by atoms with Crippen molar-refractivity contribution in [2.75, 3.05) is 7.05 Å². The summed E-state index contributed by atoms with van der Waals surface area (Å²) >= 11 is 0. The van der Waals surface area contributed by atoms with E-state index in [4.69, 9.17) is 0 Å². The third-order valence-corrected chi connectivity index (χ3v) is 5.19. The highest BCUT2D eigenvalue weighted by molar-refractivity contribution is 5.98. The third kappa shape index (κ3) is 2.51.